The molecule has 84 valence electrons. The molecule has 3 N–H and O–H groups in total. The van der Waals surface area contributed by atoms with Crippen LogP contribution in [0.5, 0.6) is 0 Å². The minimum absolute atomic E-state index is 0.0383. The Morgan fingerprint density at radius 1 is 1.38 bits per heavy atom. The summed E-state index contributed by atoms with van der Waals surface area (Å²) in [6.07, 6.45) is 1.78. The average molecular weight is 217 g/mol. The molecule has 0 aliphatic heterocycles. The van der Waals surface area contributed by atoms with Crippen molar-refractivity contribution < 1.29 is 4.74 Å². The molecule has 0 radical (unpaired) electrons. The van der Waals surface area contributed by atoms with Gasteiger partial charge in [0.05, 0.1) is 18.2 Å². The molecule has 0 bridgehead atoms. The second-order valence-electron chi connectivity index (χ2n) is 3.60. The molecule has 2 rings (SSSR count). The molecule has 0 aliphatic rings. The third-order valence-corrected chi connectivity index (χ3v) is 2.57. The Morgan fingerprint density at radius 3 is 2.94 bits per heavy atom. The largest absolute Gasteiger partial charge is 0.383 e. The lowest BCUT2D eigenvalue weighted by Gasteiger charge is -2.16. The summed E-state index contributed by atoms with van der Waals surface area (Å²) in [6, 6.07) is 9.97. The summed E-state index contributed by atoms with van der Waals surface area (Å²) in [6.45, 7) is 0.520. The zero-order valence-corrected chi connectivity index (χ0v) is 9.18. The number of aromatic nitrogens is 1. The van der Waals surface area contributed by atoms with E-state index in [0.717, 1.165) is 16.5 Å². The number of rotatable bonds is 4. The molecule has 1 unspecified atom stereocenters. The van der Waals surface area contributed by atoms with E-state index in [9.17, 15) is 0 Å². The van der Waals surface area contributed by atoms with E-state index >= 15 is 0 Å². The number of ether oxygens (including phenoxy) is 1. The number of hydrazine groups is 1. The van der Waals surface area contributed by atoms with Gasteiger partial charge in [-0.15, -0.1) is 0 Å². The van der Waals surface area contributed by atoms with Gasteiger partial charge < -0.3 is 4.74 Å². The van der Waals surface area contributed by atoms with Crippen LogP contribution in [0.4, 0.5) is 0 Å². The van der Waals surface area contributed by atoms with Gasteiger partial charge >= 0.3 is 0 Å². The highest BCUT2D eigenvalue weighted by Gasteiger charge is 2.12. The summed E-state index contributed by atoms with van der Waals surface area (Å²) >= 11 is 0. The van der Waals surface area contributed by atoms with Gasteiger partial charge in [-0.3, -0.25) is 16.3 Å². The van der Waals surface area contributed by atoms with Gasteiger partial charge in [-0.25, -0.2) is 0 Å². The molecule has 0 saturated carbocycles. The molecule has 0 fully saturated rings. The maximum absolute atomic E-state index is 5.52. The van der Waals surface area contributed by atoms with Crippen LogP contribution in [0.15, 0.2) is 36.5 Å². The maximum atomic E-state index is 5.52. The van der Waals surface area contributed by atoms with Gasteiger partial charge in [-0.1, -0.05) is 24.3 Å². The molecule has 1 atom stereocenters. The van der Waals surface area contributed by atoms with Crippen LogP contribution in [-0.2, 0) is 4.74 Å². The molecular formula is C12H15N3O. The highest BCUT2D eigenvalue weighted by Crippen LogP contribution is 2.21. The number of hydrogen-bond acceptors (Lipinski definition) is 4. The van der Waals surface area contributed by atoms with Crippen molar-refractivity contribution in [2.45, 2.75) is 6.04 Å². The zero-order chi connectivity index (χ0) is 11.4. The summed E-state index contributed by atoms with van der Waals surface area (Å²) in [5, 5.41) is 1.11. The van der Waals surface area contributed by atoms with Crippen LogP contribution >= 0.6 is 0 Å². The Hall–Kier alpha value is -1.49. The number of nitrogens with zero attached hydrogens (tertiary/aromatic N) is 1. The number of methoxy groups -OCH3 is 1. The Bertz CT molecular complexity index is 467. The van der Waals surface area contributed by atoms with Gasteiger partial charge in [0.25, 0.3) is 0 Å². The normalized spacial score (nSPS) is 12.9. The molecule has 1 aromatic heterocycles. The van der Waals surface area contributed by atoms with Gasteiger partial charge in [-0.05, 0) is 11.6 Å². The Labute approximate surface area is 94.4 Å². The number of nitrogens with two attached hydrogens (primary N) is 1. The third-order valence-electron chi connectivity index (χ3n) is 2.57. The van der Waals surface area contributed by atoms with E-state index in [1.54, 1.807) is 13.3 Å². The van der Waals surface area contributed by atoms with Crippen molar-refractivity contribution in [2.24, 2.45) is 5.84 Å². The first-order valence-corrected chi connectivity index (χ1v) is 5.15. The molecule has 16 heavy (non-hydrogen) atoms. The summed E-state index contributed by atoms with van der Waals surface area (Å²) < 4.78 is 5.13. The fourth-order valence-electron chi connectivity index (χ4n) is 1.80. The Balaban J connectivity index is 2.50. The van der Waals surface area contributed by atoms with E-state index in [2.05, 4.69) is 10.4 Å². The van der Waals surface area contributed by atoms with Gasteiger partial charge in [-0.2, -0.15) is 0 Å². The highest BCUT2D eigenvalue weighted by atomic mass is 16.5. The second kappa shape index (κ2) is 5.03. The molecule has 4 nitrogen and oxygen atoms in total. The molecule has 0 amide bonds. The van der Waals surface area contributed by atoms with Crippen LogP contribution in [0.25, 0.3) is 10.9 Å². The fourth-order valence-corrected chi connectivity index (χ4v) is 1.80. The Kier molecular flexibility index (Phi) is 3.46. The summed E-state index contributed by atoms with van der Waals surface area (Å²) in [4.78, 5) is 4.38. The van der Waals surface area contributed by atoms with E-state index in [0.29, 0.717) is 6.61 Å². The van der Waals surface area contributed by atoms with E-state index < -0.39 is 0 Å². The predicted molar refractivity (Wildman–Crippen MR) is 63.7 cm³/mol. The van der Waals surface area contributed by atoms with Crippen LogP contribution in [0, 0.1) is 0 Å². The lowest BCUT2D eigenvalue weighted by Crippen LogP contribution is -2.31. The standard InChI is InChI=1S/C12H15N3O/c1-16-8-11(15-13)10-6-2-4-9-5-3-7-14-12(9)10/h2-7,11,15H,8,13H2,1H3. The van der Waals surface area contributed by atoms with Crippen molar-refractivity contribution >= 4 is 10.9 Å². The van der Waals surface area contributed by atoms with Gasteiger partial charge in [0.15, 0.2) is 0 Å². The van der Waals surface area contributed by atoms with Crippen molar-refractivity contribution in [1.82, 2.24) is 10.4 Å². The number of hydrogen-bond donors (Lipinski definition) is 2. The van der Waals surface area contributed by atoms with Gasteiger partial charge in [0, 0.05) is 18.7 Å². The van der Waals surface area contributed by atoms with E-state index in [1.165, 1.54) is 0 Å². The van der Waals surface area contributed by atoms with Crippen LogP contribution in [0.2, 0.25) is 0 Å². The SMILES string of the molecule is COCC(NN)c1cccc2cccnc12. The summed E-state index contributed by atoms with van der Waals surface area (Å²) in [5.41, 5.74) is 4.77. The molecule has 0 saturated heterocycles. The molecule has 4 heteroatoms. The maximum Gasteiger partial charge on any atom is 0.0751 e. The first-order valence-electron chi connectivity index (χ1n) is 5.15. The van der Waals surface area contributed by atoms with Crippen molar-refractivity contribution in [3.63, 3.8) is 0 Å². The van der Waals surface area contributed by atoms with Crippen LogP contribution in [0.1, 0.15) is 11.6 Å². The number of nitrogens with one attached hydrogen (secondary N) is 1. The number of para-hydroxylation sites is 1. The third kappa shape index (κ3) is 2.04. The molecule has 0 spiro atoms. The van der Waals surface area contributed by atoms with E-state index in [1.807, 2.05) is 30.3 Å². The van der Waals surface area contributed by atoms with Crippen LogP contribution < -0.4 is 11.3 Å². The van der Waals surface area contributed by atoms with Crippen molar-refractivity contribution in [3.8, 4) is 0 Å². The van der Waals surface area contributed by atoms with Gasteiger partial charge in [0.2, 0.25) is 0 Å². The molecule has 1 heterocycles. The summed E-state index contributed by atoms with van der Waals surface area (Å²) in [7, 11) is 1.66. The number of fused-ring (bicyclic) bond motifs is 1. The minimum Gasteiger partial charge on any atom is -0.383 e. The highest BCUT2D eigenvalue weighted by molar-refractivity contribution is 5.81. The smallest absolute Gasteiger partial charge is 0.0751 e. The Morgan fingerprint density at radius 2 is 2.19 bits per heavy atom. The van der Waals surface area contributed by atoms with Crippen molar-refractivity contribution in [3.05, 3.63) is 42.1 Å². The number of benzene rings is 1. The van der Waals surface area contributed by atoms with E-state index in [-0.39, 0.29) is 6.04 Å². The first-order chi connectivity index (χ1) is 7.86. The van der Waals surface area contributed by atoms with Crippen LogP contribution in [0.3, 0.4) is 0 Å². The van der Waals surface area contributed by atoms with Gasteiger partial charge in [0.1, 0.15) is 0 Å². The minimum atomic E-state index is -0.0383. The molecular weight excluding hydrogens is 202 g/mol. The van der Waals surface area contributed by atoms with Crippen LogP contribution in [-0.4, -0.2) is 18.7 Å². The average Bonchev–Trinajstić information content (AvgIpc) is 2.35. The lowest BCUT2D eigenvalue weighted by atomic mass is 10.0. The second-order valence-corrected chi connectivity index (χ2v) is 3.60. The monoisotopic (exact) mass is 217 g/mol. The quantitative estimate of drug-likeness (QED) is 0.600. The molecule has 1 aromatic carbocycles. The van der Waals surface area contributed by atoms with Crippen molar-refractivity contribution in [1.29, 1.82) is 0 Å². The predicted octanol–water partition coefficient (Wildman–Crippen LogP) is 1.39. The zero-order valence-electron chi connectivity index (χ0n) is 9.18. The molecule has 0 aliphatic carbocycles. The van der Waals surface area contributed by atoms with Crippen molar-refractivity contribution in [2.75, 3.05) is 13.7 Å². The molecule has 2 aromatic rings. The number of pyridine rings is 1. The lowest BCUT2D eigenvalue weighted by molar-refractivity contribution is 0.167. The summed E-state index contributed by atoms with van der Waals surface area (Å²) in [5.74, 6) is 5.52. The van der Waals surface area contributed by atoms with E-state index in [4.69, 9.17) is 10.6 Å². The topological polar surface area (TPSA) is 60.2 Å². The fraction of sp³-hybridized carbons (Fsp3) is 0.250. The first kappa shape index (κ1) is 11.0.